The van der Waals surface area contributed by atoms with E-state index < -0.39 is 0 Å². The highest BCUT2D eigenvalue weighted by molar-refractivity contribution is 6.27. The van der Waals surface area contributed by atoms with E-state index in [4.69, 9.17) is 4.42 Å². The number of aromatic nitrogens is 1. The molecule has 8 aromatic carbocycles. The fourth-order valence-corrected chi connectivity index (χ4v) is 7.53. The molecule has 0 saturated heterocycles. The molecule has 2 heteroatoms. The van der Waals surface area contributed by atoms with E-state index in [1.165, 1.54) is 54.9 Å². The standard InChI is InChI=1S/C46H29NO/c1-3-11-30(12-4-1)34-27-35(31-13-5-2-6-14-31)29-36(28-34)32-19-22-37(23-20-32)47-41-18-10-9-17-39(41)45-42(47)25-24-40-44-38-16-8-7-15-33(38)21-26-43(44)48-46(40)45/h1-29H. The highest BCUT2D eigenvalue weighted by Crippen LogP contribution is 2.42. The van der Waals surface area contributed by atoms with Crippen LogP contribution in [-0.4, -0.2) is 4.57 Å². The van der Waals surface area contributed by atoms with Gasteiger partial charge in [0.25, 0.3) is 0 Å². The largest absolute Gasteiger partial charge is 0.455 e. The monoisotopic (exact) mass is 611 g/mol. The van der Waals surface area contributed by atoms with Gasteiger partial charge < -0.3 is 8.98 Å². The first-order valence-corrected chi connectivity index (χ1v) is 16.4. The number of hydrogen-bond donors (Lipinski definition) is 0. The van der Waals surface area contributed by atoms with Crippen molar-refractivity contribution in [3.63, 3.8) is 0 Å². The van der Waals surface area contributed by atoms with Gasteiger partial charge in [0.1, 0.15) is 11.2 Å². The van der Waals surface area contributed by atoms with Crippen LogP contribution in [0, 0.1) is 0 Å². The summed E-state index contributed by atoms with van der Waals surface area (Å²) in [5.74, 6) is 0. The summed E-state index contributed by atoms with van der Waals surface area (Å²) in [7, 11) is 0. The number of para-hydroxylation sites is 1. The molecule has 0 unspecified atom stereocenters. The van der Waals surface area contributed by atoms with E-state index in [-0.39, 0.29) is 0 Å². The lowest BCUT2D eigenvalue weighted by Gasteiger charge is -2.13. The topological polar surface area (TPSA) is 18.1 Å². The molecule has 10 aromatic rings. The fraction of sp³-hybridized carbons (Fsp3) is 0. The van der Waals surface area contributed by atoms with Crippen molar-refractivity contribution in [3.8, 4) is 39.1 Å². The third kappa shape index (κ3) is 4.13. The van der Waals surface area contributed by atoms with E-state index in [1.807, 2.05) is 0 Å². The van der Waals surface area contributed by atoms with Crippen LogP contribution in [0.15, 0.2) is 180 Å². The zero-order valence-corrected chi connectivity index (χ0v) is 26.1. The van der Waals surface area contributed by atoms with Gasteiger partial charge in [-0.05, 0) is 98.8 Å². The Bertz CT molecular complexity index is 2750. The summed E-state index contributed by atoms with van der Waals surface area (Å²) in [6.07, 6.45) is 0. The van der Waals surface area contributed by atoms with E-state index in [2.05, 4.69) is 180 Å². The third-order valence-corrected chi connectivity index (χ3v) is 9.77. The van der Waals surface area contributed by atoms with Crippen molar-refractivity contribution >= 4 is 54.5 Å². The van der Waals surface area contributed by atoms with Crippen LogP contribution in [0.25, 0.3) is 93.6 Å². The first-order valence-electron chi connectivity index (χ1n) is 16.4. The van der Waals surface area contributed by atoms with Crippen LogP contribution in [0.3, 0.4) is 0 Å². The molecule has 224 valence electrons. The summed E-state index contributed by atoms with van der Waals surface area (Å²) in [4.78, 5) is 0. The number of furan rings is 1. The van der Waals surface area contributed by atoms with E-state index >= 15 is 0 Å². The average molecular weight is 612 g/mol. The molecular formula is C46H29NO. The van der Waals surface area contributed by atoms with Crippen LogP contribution in [0.5, 0.6) is 0 Å². The van der Waals surface area contributed by atoms with Crippen LogP contribution in [0.4, 0.5) is 0 Å². The van der Waals surface area contributed by atoms with Gasteiger partial charge in [0.15, 0.2) is 0 Å². The van der Waals surface area contributed by atoms with Gasteiger partial charge in [-0.15, -0.1) is 0 Å². The predicted octanol–water partition coefficient (Wildman–Crippen LogP) is 12.8. The zero-order chi connectivity index (χ0) is 31.6. The Morgan fingerprint density at radius 2 is 0.938 bits per heavy atom. The molecule has 0 radical (unpaired) electrons. The van der Waals surface area contributed by atoms with Gasteiger partial charge in [-0.2, -0.15) is 0 Å². The zero-order valence-electron chi connectivity index (χ0n) is 26.1. The van der Waals surface area contributed by atoms with Crippen molar-refractivity contribution in [1.29, 1.82) is 0 Å². The summed E-state index contributed by atoms with van der Waals surface area (Å²) >= 11 is 0. The second-order valence-corrected chi connectivity index (χ2v) is 12.5. The van der Waals surface area contributed by atoms with E-state index in [1.54, 1.807) is 0 Å². The molecule has 0 aliphatic carbocycles. The Morgan fingerprint density at radius 1 is 0.354 bits per heavy atom. The minimum atomic E-state index is 0.921. The molecule has 0 fully saturated rings. The Morgan fingerprint density at radius 3 is 1.62 bits per heavy atom. The summed E-state index contributed by atoms with van der Waals surface area (Å²) < 4.78 is 9.06. The van der Waals surface area contributed by atoms with Gasteiger partial charge >= 0.3 is 0 Å². The SMILES string of the molecule is c1ccc(-c2cc(-c3ccccc3)cc(-c3ccc(-n4c5ccccc5c5c6oc7ccc8ccccc8c7c6ccc54)cc3)c2)cc1. The first kappa shape index (κ1) is 26.8. The summed E-state index contributed by atoms with van der Waals surface area (Å²) in [5, 5.41) is 7.11. The molecule has 48 heavy (non-hydrogen) atoms. The number of benzene rings is 8. The smallest absolute Gasteiger partial charge is 0.145 e. The number of hydrogen-bond acceptors (Lipinski definition) is 1. The van der Waals surface area contributed by atoms with Gasteiger partial charge in [-0.3, -0.25) is 0 Å². The quantitative estimate of drug-likeness (QED) is 0.194. The van der Waals surface area contributed by atoms with Gasteiger partial charge in [0, 0.05) is 21.8 Å². The van der Waals surface area contributed by atoms with Crippen LogP contribution >= 0.6 is 0 Å². The Hall–Kier alpha value is -6.38. The Balaban J connectivity index is 1.15. The van der Waals surface area contributed by atoms with Crippen molar-refractivity contribution < 1.29 is 4.42 Å². The van der Waals surface area contributed by atoms with Gasteiger partial charge in [0.2, 0.25) is 0 Å². The number of nitrogens with zero attached hydrogens (tertiary/aromatic N) is 1. The highest BCUT2D eigenvalue weighted by atomic mass is 16.3. The van der Waals surface area contributed by atoms with E-state index in [0.717, 1.165) is 38.7 Å². The molecule has 0 saturated carbocycles. The Labute approximate surface area is 277 Å². The summed E-state index contributed by atoms with van der Waals surface area (Å²) in [6, 6.07) is 63.2. The lowest BCUT2D eigenvalue weighted by molar-refractivity contribution is 0.673. The molecule has 0 bridgehead atoms. The van der Waals surface area contributed by atoms with Crippen molar-refractivity contribution in [2.24, 2.45) is 0 Å². The molecule has 10 rings (SSSR count). The lowest BCUT2D eigenvalue weighted by atomic mass is 9.93. The molecule has 0 aliphatic rings. The number of fused-ring (bicyclic) bond motifs is 9. The molecule has 2 nitrogen and oxygen atoms in total. The molecule has 0 amide bonds. The fourth-order valence-electron chi connectivity index (χ4n) is 7.53. The second kappa shape index (κ2) is 10.6. The van der Waals surface area contributed by atoms with Crippen molar-refractivity contribution in [1.82, 2.24) is 4.57 Å². The molecule has 2 heterocycles. The predicted molar refractivity (Wildman–Crippen MR) is 202 cm³/mol. The maximum atomic E-state index is 6.69. The van der Waals surface area contributed by atoms with Gasteiger partial charge in [0.05, 0.1) is 16.4 Å². The van der Waals surface area contributed by atoms with Crippen LogP contribution in [0.2, 0.25) is 0 Å². The van der Waals surface area contributed by atoms with Crippen molar-refractivity contribution in [2.75, 3.05) is 0 Å². The van der Waals surface area contributed by atoms with Gasteiger partial charge in [-0.1, -0.05) is 121 Å². The Kier molecular flexibility index (Phi) is 5.91. The van der Waals surface area contributed by atoms with Crippen LogP contribution < -0.4 is 0 Å². The summed E-state index contributed by atoms with van der Waals surface area (Å²) in [5.41, 5.74) is 12.5. The highest BCUT2D eigenvalue weighted by Gasteiger charge is 2.19. The van der Waals surface area contributed by atoms with Crippen molar-refractivity contribution in [3.05, 3.63) is 176 Å². The minimum absolute atomic E-state index is 0.921. The average Bonchev–Trinajstić information content (AvgIpc) is 3.72. The van der Waals surface area contributed by atoms with E-state index in [9.17, 15) is 0 Å². The summed E-state index contributed by atoms with van der Waals surface area (Å²) in [6.45, 7) is 0. The molecule has 0 N–H and O–H groups in total. The maximum Gasteiger partial charge on any atom is 0.145 e. The van der Waals surface area contributed by atoms with Gasteiger partial charge in [-0.25, -0.2) is 0 Å². The maximum absolute atomic E-state index is 6.69. The van der Waals surface area contributed by atoms with Crippen LogP contribution in [0.1, 0.15) is 0 Å². The minimum Gasteiger partial charge on any atom is -0.455 e. The third-order valence-electron chi connectivity index (χ3n) is 9.77. The second-order valence-electron chi connectivity index (χ2n) is 12.5. The normalized spacial score (nSPS) is 11.8. The van der Waals surface area contributed by atoms with Crippen molar-refractivity contribution in [2.45, 2.75) is 0 Å². The van der Waals surface area contributed by atoms with Crippen LogP contribution in [-0.2, 0) is 0 Å². The molecular weight excluding hydrogens is 583 g/mol. The molecule has 0 atom stereocenters. The molecule has 2 aromatic heterocycles. The molecule has 0 spiro atoms. The lowest BCUT2D eigenvalue weighted by Crippen LogP contribution is -1.94. The number of rotatable bonds is 4. The molecule has 0 aliphatic heterocycles. The first-order chi connectivity index (χ1) is 23.8. The van der Waals surface area contributed by atoms with E-state index in [0.29, 0.717) is 0 Å².